The van der Waals surface area contributed by atoms with Crippen LogP contribution in [0.25, 0.3) is 10.8 Å². The lowest BCUT2D eigenvalue weighted by Crippen LogP contribution is -2.53. The highest BCUT2D eigenvalue weighted by Gasteiger charge is 2.35. The molecular weight excluding hydrogens is 530 g/mol. The molecule has 0 spiro atoms. The molecule has 3 atom stereocenters. The van der Waals surface area contributed by atoms with Crippen molar-refractivity contribution in [1.82, 2.24) is 19.8 Å². The van der Waals surface area contributed by atoms with Crippen molar-refractivity contribution in [3.8, 4) is 17.6 Å². The zero-order valence-electron chi connectivity index (χ0n) is 22.9. The maximum atomic E-state index is 12.3. The molecule has 0 saturated carbocycles. The Labute approximate surface area is 239 Å². The first-order chi connectivity index (χ1) is 19.4. The van der Waals surface area contributed by atoms with E-state index in [9.17, 15) is 4.79 Å². The first kappa shape index (κ1) is 26.7. The second-order valence-corrected chi connectivity index (χ2v) is 11.1. The van der Waals surface area contributed by atoms with Gasteiger partial charge in [0.2, 0.25) is 11.7 Å². The monoisotopic (exact) mass is 563 g/mol. The van der Waals surface area contributed by atoms with Gasteiger partial charge in [-0.3, -0.25) is 4.79 Å². The Balaban J connectivity index is 1.33. The number of aromatic nitrogens is 2. The summed E-state index contributed by atoms with van der Waals surface area (Å²) in [6.45, 7) is 9.21. The molecule has 9 nitrogen and oxygen atoms in total. The smallest absolute Gasteiger partial charge is 0.322 e. The quantitative estimate of drug-likeness (QED) is 0.406. The molecule has 2 saturated heterocycles. The van der Waals surface area contributed by atoms with Crippen LogP contribution in [-0.4, -0.2) is 84.2 Å². The van der Waals surface area contributed by atoms with Crippen LogP contribution in [0.5, 0.6) is 17.6 Å². The molecular formula is C30H34ClN5O4. The Hall–Kier alpha value is -3.56. The third-order valence-electron chi connectivity index (χ3n) is 8.12. The summed E-state index contributed by atoms with van der Waals surface area (Å²) < 4.78 is 19.1. The number of fused-ring (bicyclic) bond motifs is 2. The molecule has 210 valence electrons. The van der Waals surface area contributed by atoms with Crippen molar-refractivity contribution in [3.05, 3.63) is 59.6 Å². The summed E-state index contributed by atoms with van der Waals surface area (Å²) in [5, 5.41) is 2.64. The molecule has 2 unspecified atom stereocenters. The molecule has 0 radical (unpaired) electrons. The fraction of sp³-hybridized carbons (Fsp3) is 0.433. The summed E-state index contributed by atoms with van der Waals surface area (Å²) in [7, 11) is 2.11. The average molecular weight is 564 g/mol. The molecule has 0 aliphatic carbocycles. The van der Waals surface area contributed by atoms with Gasteiger partial charge >= 0.3 is 6.01 Å². The molecule has 2 aromatic carbocycles. The highest BCUT2D eigenvalue weighted by molar-refractivity contribution is 6.35. The minimum Gasteiger partial charge on any atom is -0.481 e. The molecule has 6 rings (SSSR count). The molecule has 1 amide bonds. The maximum absolute atomic E-state index is 12.3. The Morgan fingerprint density at radius 3 is 2.77 bits per heavy atom. The van der Waals surface area contributed by atoms with E-state index in [1.807, 2.05) is 36.4 Å². The Morgan fingerprint density at radius 2 is 2.02 bits per heavy atom. The van der Waals surface area contributed by atoms with E-state index >= 15 is 0 Å². The highest BCUT2D eigenvalue weighted by atomic mass is 35.5. The third-order valence-corrected chi connectivity index (χ3v) is 8.44. The Morgan fingerprint density at radius 1 is 1.20 bits per heavy atom. The number of rotatable bonds is 6. The van der Waals surface area contributed by atoms with Crippen molar-refractivity contribution in [3.63, 3.8) is 0 Å². The zero-order chi connectivity index (χ0) is 27.8. The normalized spacial score (nSPS) is 22.9. The standard InChI is InChI=1S/C30H34ClN5O4/c1-4-25(37)35-14-15-36(19(2)16-35)28-27-29(33-30(32-28)39-17-21-10-7-13-34(21)3)40-24(18-38-27)22-11-5-8-20-9-6-12-23(31)26(20)22/h4-6,8-9,11-12,19,21,24H,1,7,10,13-18H2,2-3H3/t19-,21?,24?/m0/s1. The third kappa shape index (κ3) is 5.04. The van der Waals surface area contributed by atoms with Crippen molar-refractivity contribution in [2.24, 2.45) is 0 Å². The van der Waals surface area contributed by atoms with Gasteiger partial charge in [-0.15, -0.1) is 0 Å². The predicted octanol–water partition coefficient (Wildman–Crippen LogP) is 4.49. The van der Waals surface area contributed by atoms with Crippen molar-refractivity contribution in [2.45, 2.75) is 38.0 Å². The molecule has 3 aliphatic heterocycles. The number of anilines is 1. The van der Waals surface area contributed by atoms with Gasteiger partial charge in [-0.05, 0) is 50.9 Å². The maximum Gasteiger partial charge on any atom is 0.322 e. The average Bonchev–Trinajstić information content (AvgIpc) is 3.39. The Kier molecular flexibility index (Phi) is 7.42. The van der Waals surface area contributed by atoms with Crippen LogP contribution in [0.4, 0.5) is 5.82 Å². The lowest BCUT2D eigenvalue weighted by molar-refractivity contribution is -0.126. The van der Waals surface area contributed by atoms with E-state index < -0.39 is 6.10 Å². The van der Waals surface area contributed by atoms with Crippen molar-refractivity contribution in [2.75, 3.05) is 51.3 Å². The SMILES string of the molecule is C=CC(=O)N1CCN(c2nc(OCC3CCCN3C)nc3c2OCC(c2cccc4cccc(Cl)c24)O3)[C@@H](C)C1. The van der Waals surface area contributed by atoms with Crippen molar-refractivity contribution >= 4 is 34.1 Å². The number of hydrogen-bond acceptors (Lipinski definition) is 8. The molecule has 3 aromatic rings. The molecule has 0 bridgehead atoms. The second kappa shape index (κ2) is 11.1. The number of carbonyl (C=O) groups is 1. The van der Waals surface area contributed by atoms with Gasteiger partial charge in [0.15, 0.2) is 11.9 Å². The van der Waals surface area contributed by atoms with Gasteiger partial charge in [0.05, 0.1) is 0 Å². The molecule has 0 N–H and O–H groups in total. The largest absolute Gasteiger partial charge is 0.481 e. The number of piperazine rings is 1. The van der Waals surface area contributed by atoms with E-state index in [0.717, 1.165) is 35.7 Å². The van der Waals surface area contributed by atoms with Gasteiger partial charge in [-0.25, -0.2) is 0 Å². The van der Waals surface area contributed by atoms with Gasteiger partial charge in [0, 0.05) is 47.7 Å². The first-order valence-corrected chi connectivity index (χ1v) is 14.2. The number of likely N-dealkylation sites (tertiary alicyclic amines) is 1. The molecule has 2 fully saturated rings. The number of hydrogen-bond donors (Lipinski definition) is 0. The number of amides is 1. The summed E-state index contributed by atoms with van der Waals surface area (Å²) in [6, 6.07) is 12.5. The van der Waals surface area contributed by atoms with E-state index in [1.165, 1.54) is 6.08 Å². The predicted molar refractivity (Wildman–Crippen MR) is 155 cm³/mol. The zero-order valence-corrected chi connectivity index (χ0v) is 23.6. The number of nitrogens with zero attached hydrogens (tertiary/aromatic N) is 5. The molecule has 10 heteroatoms. The molecule has 4 heterocycles. The fourth-order valence-corrected chi connectivity index (χ4v) is 6.19. The summed E-state index contributed by atoms with van der Waals surface area (Å²) in [5.74, 6) is 1.38. The van der Waals surface area contributed by atoms with Crippen LogP contribution in [0.2, 0.25) is 5.02 Å². The second-order valence-electron chi connectivity index (χ2n) is 10.7. The lowest BCUT2D eigenvalue weighted by Gasteiger charge is -2.41. The molecule has 1 aromatic heterocycles. The van der Waals surface area contributed by atoms with E-state index in [4.69, 9.17) is 30.8 Å². The van der Waals surface area contributed by atoms with Gasteiger partial charge in [0.1, 0.15) is 13.2 Å². The van der Waals surface area contributed by atoms with Crippen LogP contribution in [0, 0.1) is 0 Å². The van der Waals surface area contributed by atoms with Crippen LogP contribution in [0.1, 0.15) is 31.4 Å². The van der Waals surface area contributed by atoms with Gasteiger partial charge < -0.3 is 28.9 Å². The van der Waals surface area contributed by atoms with Crippen LogP contribution in [0.3, 0.4) is 0 Å². The highest BCUT2D eigenvalue weighted by Crippen LogP contribution is 2.44. The number of carbonyl (C=O) groups excluding carboxylic acids is 1. The van der Waals surface area contributed by atoms with E-state index in [2.05, 4.69) is 35.3 Å². The van der Waals surface area contributed by atoms with Crippen molar-refractivity contribution < 1.29 is 19.0 Å². The summed E-state index contributed by atoms with van der Waals surface area (Å²) in [6.07, 6.45) is 3.18. The Bertz CT molecular complexity index is 1430. The van der Waals surface area contributed by atoms with Crippen LogP contribution < -0.4 is 19.1 Å². The van der Waals surface area contributed by atoms with Gasteiger partial charge in [-0.1, -0.05) is 48.5 Å². The number of ether oxygens (including phenoxy) is 3. The van der Waals surface area contributed by atoms with Crippen LogP contribution in [0.15, 0.2) is 49.1 Å². The number of likely N-dealkylation sites (N-methyl/N-ethyl adjacent to an activating group) is 1. The topological polar surface area (TPSA) is 80.3 Å². The molecule has 3 aliphatic rings. The number of halogens is 1. The lowest BCUT2D eigenvalue weighted by atomic mass is 10.00. The molecule has 40 heavy (non-hydrogen) atoms. The fourth-order valence-electron chi connectivity index (χ4n) is 5.90. The van der Waals surface area contributed by atoms with E-state index in [0.29, 0.717) is 54.8 Å². The van der Waals surface area contributed by atoms with E-state index in [-0.39, 0.29) is 24.6 Å². The van der Waals surface area contributed by atoms with Crippen LogP contribution in [-0.2, 0) is 4.79 Å². The summed E-state index contributed by atoms with van der Waals surface area (Å²) in [4.78, 5) is 28.0. The van der Waals surface area contributed by atoms with Crippen molar-refractivity contribution in [1.29, 1.82) is 0 Å². The summed E-state index contributed by atoms with van der Waals surface area (Å²) in [5.41, 5.74) is 0.939. The minimum atomic E-state index is -0.410. The van der Waals surface area contributed by atoms with Crippen LogP contribution >= 0.6 is 11.6 Å². The number of benzene rings is 2. The van der Waals surface area contributed by atoms with Gasteiger partial charge in [0.25, 0.3) is 5.88 Å². The minimum absolute atomic E-state index is 0.0105. The summed E-state index contributed by atoms with van der Waals surface area (Å²) >= 11 is 6.62. The first-order valence-electron chi connectivity index (χ1n) is 13.8. The van der Waals surface area contributed by atoms with Gasteiger partial charge in [-0.2, -0.15) is 9.97 Å². The van der Waals surface area contributed by atoms with E-state index in [1.54, 1.807) is 4.90 Å².